The van der Waals surface area contributed by atoms with Gasteiger partial charge >= 0.3 is 0 Å². The maximum Gasteiger partial charge on any atom is 0.284 e. The topological polar surface area (TPSA) is 41.5 Å². The number of nitrogens with one attached hydrogen (secondary N) is 1. The number of hydrogen-bond donors (Lipinski definition) is 1. The van der Waals surface area contributed by atoms with Crippen molar-refractivity contribution in [1.29, 1.82) is 0 Å². The maximum absolute atomic E-state index is 13.1. The van der Waals surface area contributed by atoms with Crippen LogP contribution in [0.25, 0.3) is 0 Å². The molecule has 1 aromatic rings. The predicted molar refractivity (Wildman–Crippen MR) is 115 cm³/mol. The van der Waals surface area contributed by atoms with E-state index in [0.29, 0.717) is 17.4 Å². The van der Waals surface area contributed by atoms with Crippen LogP contribution in [0.3, 0.4) is 0 Å². The fourth-order valence-electron chi connectivity index (χ4n) is 1.98. The molecular weight excluding hydrogens is 363 g/mol. The van der Waals surface area contributed by atoms with Crippen molar-refractivity contribution in [3.63, 3.8) is 0 Å². The van der Waals surface area contributed by atoms with Crippen LogP contribution in [0.2, 0.25) is 5.02 Å². The molecule has 0 aliphatic heterocycles. The minimum atomic E-state index is -1.05. The lowest BCUT2D eigenvalue weighted by Crippen LogP contribution is -2.40. The molecule has 0 spiro atoms. The molecule has 1 rings (SSSR count). The van der Waals surface area contributed by atoms with E-state index in [1.165, 1.54) is 0 Å². The van der Waals surface area contributed by atoms with Gasteiger partial charge in [0.2, 0.25) is 0 Å². The van der Waals surface area contributed by atoms with Crippen LogP contribution in [0.5, 0.6) is 0 Å². The van der Waals surface area contributed by atoms with Crippen LogP contribution < -0.4 is 5.32 Å². The number of carbonyl (C=O) groups excluding carboxylic acids is 1. The van der Waals surface area contributed by atoms with Crippen LogP contribution in [0.1, 0.15) is 46.6 Å². The van der Waals surface area contributed by atoms with Crippen molar-refractivity contribution in [3.8, 4) is 0 Å². The fraction of sp³-hybridized carbons (Fsp3) is 0.364. The summed E-state index contributed by atoms with van der Waals surface area (Å²) in [5.74, 6) is -1.59. The van der Waals surface area contributed by atoms with Crippen LogP contribution in [-0.2, 0) is 11.3 Å². The minimum absolute atomic E-state index is 0.316. The fourth-order valence-corrected chi connectivity index (χ4v) is 2.19. The van der Waals surface area contributed by atoms with Crippen LogP contribution in [0, 0.1) is 5.41 Å². The van der Waals surface area contributed by atoms with E-state index in [1.807, 2.05) is 71.1 Å². The average Bonchev–Trinajstić information content (AvgIpc) is 2.63. The number of halogens is 2. The highest BCUT2D eigenvalue weighted by Crippen LogP contribution is 2.20. The van der Waals surface area contributed by atoms with Gasteiger partial charge < -0.3 is 5.32 Å². The highest BCUT2D eigenvalue weighted by molar-refractivity contribution is 6.30. The van der Waals surface area contributed by atoms with Gasteiger partial charge in [-0.15, -0.1) is 0 Å². The summed E-state index contributed by atoms with van der Waals surface area (Å²) in [4.78, 5) is 16.2. The SMILES string of the molecule is C=C(F)C(=O)NC(=NCc1cccc(Cl)c1)C(C)(C)/C=C\C=C\CC.CC. The quantitative estimate of drug-likeness (QED) is 0.247. The number of allylic oxidation sites excluding steroid dienone is 3. The summed E-state index contributed by atoms with van der Waals surface area (Å²) < 4.78 is 13.1. The maximum atomic E-state index is 13.1. The van der Waals surface area contributed by atoms with Crippen molar-refractivity contribution in [3.05, 3.63) is 71.6 Å². The van der Waals surface area contributed by atoms with Gasteiger partial charge in [0.1, 0.15) is 5.84 Å². The Morgan fingerprint density at radius 1 is 1.33 bits per heavy atom. The van der Waals surface area contributed by atoms with E-state index < -0.39 is 17.1 Å². The molecule has 0 heterocycles. The van der Waals surface area contributed by atoms with E-state index in [9.17, 15) is 9.18 Å². The second-order valence-electron chi connectivity index (χ2n) is 6.07. The Morgan fingerprint density at radius 2 is 2.00 bits per heavy atom. The first-order chi connectivity index (χ1) is 12.8. The first-order valence-electron chi connectivity index (χ1n) is 9.05. The average molecular weight is 393 g/mol. The Kier molecular flexibility index (Phi) is 12.0. The van der Waals surface area contributed by atoms with Crippen molar-refractivity contribution in [1.82, 2.24) is 5.32 Å². The van der Waals surface area contributed by atoms with Crippen LogP contribution in [0.4, 0.5) is 4.39 Å². The first kappa shape index (κ1) is 24.8. The van der Waals surface area contributed by atoms with Crippen LogP contribution >= 0.6 is 11.6 Å². The predicted octanol–water partition coefficient (Wildman–Crippen LogP) is 6.41. The molecule has 0 fully saturated rings. The van der Waals surface area contributed by atoms with Crippen molar-refractivity contribution < 1.29 is 9.18 Å². The molecule has 0 unspecified atom stereocenters. The largest absolute Gasteiger partial charge is 0.308 e. The van der Waals surface area contributed by atoms with E-state index in [4.69, 9.17) is 11.6 Å². The lowest BCUT2D eigenvalue weighted by atomic mass is 9.90. The number of aliphatic imine (C=N–C) groups is 1. The third-order valence-corrected chi connectivity index (χ3v) is 3.63. The third kappa shape index (κ3) is 9.90. The van der Waals surface area contributed by atoms with Gasteiger partial charge in [-0.1, -0.05) is 75.4 Å². The van der Waals surface area contributed by atoms with Crippen molar-refractivity contribution >= 4 is 23.3 Å². The number of nitrogens with zero attached hydrogens (tertiary/aromatic N) is 1. The standard InChI is InChI=1S/C20H24ClFN2O.C2H6/c1-5-6-7-8-12-20(3,4)19(24-18(25)15(2)22)23-14-16-10-9-11-17(21)13-16;1-2/h6-13H,2,5,14H2,1,3-4H3,(H,23,24,25);1-2H3/b7-6+,12-8-;. The molecule has 1 N–H and O–H groups in total. The number of rotatable bonds is 7. The number of carbonyl (C=O) groups is 1. The molecule has 0 saturated heterocycles. The molecule has 3 nitrogen and oxygen atoms in total. The number of amides is 1. The van der Waals surface area contributed by atoms with E-state index in [1.54, 1.807) is 12.1 Å². The summed E-state index contributed by atoms with van der Waals surface area (Å²) >= 11 is 5.98. The summed E-state index contributed by atoms with van der Waals surface area (Å²) in [7, 11) is 0. The summed E-state index contributed by atoms with van der Waals surface area (Å²) in [6, 6.07) is 7.29. The van der Waals surface area contributed by atoms with Gasteiger partial charge in [0.25, 0.3) is 5.91 Å². The van der Waals surface area contributed by atoms with E-state index >= 15 is 0 Å². The van der Waals surface area contributed by atoms with Crippen molar-refractivity contribution in [2.75, 3.05) is 0 Å². The van der Waals surface area contributed by atoms with Gasteiger partial charge in [0.15, 0.2) is 5.83 Å². The molecule has 1 amide bonds. The zero-order chi connectivity index (χ0) is 20.9. The molecule has 5 heteroatoms. The molecule has 1 aromatic carbocycles. The Balaban J connectivity index is 0.00000326. The number of benzene rings is 1. The molecule has 0 radical (unpaired) electrons. The van der Waals surface area contributed by atoms with E-state index in [2.05, 4.69) is 16.9 Å². The third-order valence-electron chi connectivity index (χ3n) is 3.39. The second kappa shape index (κ2) is 13.0. The van der Waals surface area contributed by atoms with E-state index in [0.717, 1.165) is 12.0 Å². The van der Waals surface area contributed by atoms with Gasteiger partial charge in [-0.3, -0.25) is 9.79 Å². The van der Waals surface area contributed by atoms with Crippen molar-refractivity contribution in [2.45, 2.75) is 47.6 Å². The van der Waals surface area contributed by atoms with Crippen molar-refractivity contribution in [2.24, 2.45) is 10.4 Å². The Labute approximate surface area is 167 Å². The molecular formula is C22H30ClFN2O. The molecule has 0 saturated carbocycles. The second-order valence-corrected chi connectivity index (χ2v) is 6.51. The van der Waals surface area contributed by atoms with Gasteiger partial charge in [-0.05, 0) is 38.0 Å². The number of amidine groups is 1. The summed E-state index contributed by atoms with van der Waals surface area (Å²) in [6.45, 7) is 13.2. The molecule has 0 aliphatic rings. The van der Waals surface area contributed by atoms with Gasteiger partial charge in [0.05, 0.1) is 6.54 Å². The molecule has 0 atom stereocenters. The Hall–Kier alpha value is -2.20. The first-order valence-corrected chi connectivity index (χ1v) is 9.43. The minimum Gasteiger partial charge on any atom is -0.308 e. The highest BCUT2D eigenvalue weighted by Gasteiger charge is 2.24. The van der Waals surface area contributed by atoms with Gasteiger partial charge in [-0.2, -0.15) is 0 Å². The van der Waals surface area contributed by atoms with Gasteiger partial charge in [0, 0.05) is 10.4 Å². The summed E-state index contributed by atoms with van der Waals surface area (Å²) in [6.07, 6.45) is 8.65. The zero-order valence-corrected chi connectivity index (χ0v) is 17.6. The lowest BCUT2D eigenvalue weighted by Gasteiger charge is -2.23. The highest BCUT2D eigenvalue weighted by atomic mass is 35.5. The molecule has 0 bridgehead atoms. The van der Waals surface area contributed by atoms with E-state index in [-0.39, 0.29) is 0 Å². The molecule has 148 valence electrons. The van der Waals surface area contributed by atoms with Gasteiger partial charge in [-0.25, -0.2) is 4.39 Å². The molecule has 0 aliphatic carbocycles. The molecule has 0 aromatic heterocycles. The summed E-state index contributed by atoms with van der Waals surface area (Å²) in [5.41, 5.74) is 0.297. The Morgan fingerprint density at radius 3 is 2.56 bits per heavy atom. The smallest absolute Gasteiger partial charge is 0.284 e. The molecule has 27 heavy (non-hydrogen) atoms. The normalized spacial score (nSPS) is 12.0. The zero-order valence-electron chi connectivity index (χ0n) is 16.9. The van der Waals surface area contributed by atoms with Crippen LogP contribution in [-0.4, -0.2) is 11.7 Å². The van der Waals surface area contributed by atoms with Crippen LogP contribution in [0.15, 0.2) is 66.0 Å². The Bertz CT molecular complexity index is 706. The lowest BCUT2D eigenvalue weighted by molar-refractivity contribution is -0.117. The monoisotopic (exact) mass is 392 g/mol. The summed E-state index contributed by atoms with van der Waals surface area (Å²) in [5, 5.41) is 3.12. The number of hydrogen-bond acceptors (Lipinski definition) is 2.